The highest BCUT2D eigenvalue weighted by molar-refractivity contribution is 5.81. The molecule has 0 aliphatic carbocycles. The highest BCUT2D eigenvalue weighted by atomic mass is 16.2. The summed E-state index contributed by atoms with van der Waals surface area (Å²) < 4.78 is 3.37. The van der Waals surface area contributed by atoms with E-state index in [2.05, 4.69) is 11.0 Å². The lowest BCUT2D eigenvalue weighted by molar-refractivity contribution is -0.133. The Kier molecular flexibility index (Phi) is 6.19. The van der Waals surface area contributed by atoms with Crippen molar-refractivity contribution in [3.05, 3.63) is 70.1 Å². The highest BCUT2D eigenvalue weighted by Gasteiger charge is 2.23. The molecule has 1 aromatic heterocycles. The maximum atomic E-state index is 13.0. The van der Waals surface area contributed by atoms with Crippen molar-refractivity contribution in [2.75, 3.05) is 26.2 Å². The van der Waals surface area contributed by atoms with Crippen LogP contribution in [0.25, 0.3) is 11.0 Å². The summed E-state index contributed by atoms with van der Waals surface area (Å²) in [6, 6.07) is 17.4. The third-order valence-electron chi connectivity index (χ3n) is 5.88. The van der Waals surface area contributed by atoms with Crippen molar-refractivity contribution >= 4 is 16.9 Å². The number of imidazole rings is 1. The Morgan fingerprint density at radius 2 is 1.61 bits per heavy atom. The van der Waals surface area contributed by atoms with E-state index in [1.54, 1.807) is 9.13 Å². The third-order valence-corrected chi connectivity index (χ3v) is 5.88. The van der Waals surface area contributed by atoms with Gasteiger partial charge in [0.1, 0.15) is 6.54 Å². The van der Waals surface area contributed by atoms with Crippen LogP contribution in [0.1, 0.15) is 24.5 Å². The van der Waals surface area contributed by atoms with Gasteiger partial charge >= 0.3 is 5.69 Å². The van der Waals surface area contributed by atoms with Gasteiger partial charge in [-0.05, 0) is 36.2 Å². The van der Waals surface area contributed by atoms with E-state index in [4.69, 9.17) is 5.26 Å². The van der Waals surface area contributed by atoms with Gasteiger partial charge in [-0.1, -0.05) is 31.2 Å². The second-order valence-electron chi connectivity index (χ2n) is 7.97. The van der Waals surface area contributed by atoms with Gasteiger partial charge in [0, 0.05) is 39.3 Å². The Morgan fingerprint density at radius 3 is 2.23 bits per heavy atom. The van der Waals surface area contributed by atoms with Crippen molar-refractivity contribution in [2.45, 2.75) is 33.0 Å². The summed E-state index contributed by atoms with van der Waals surface area (Å²) >= 11 is 0. The molecule has 1 aliphatic heterocycles. The van der Waals surface area contributed by atoms with E-state index in [0.29, 0.717) is 25.2 Å². The third kappa shape index (κ3) is 4.39. The number of rotatable bonds is 6. The number of carbonyl (C=O) groups excluding carboxylic acids is 1. The zero-order chi connectivity index (χ0) is 21.8. The van der Waals surface area contributed by atoms with Crippen LogP contribution in [0.2, 0.25) is 0 Å². The number of carbonyl (C=O) groups is 1. The molecule has 0 saturated carbocycles. The Balaban J connectivity index is 1.40. The van der Waals surface area contributed by atoms with Gasteiger partial charge < -0.3 is 4.90 Å². The molecule has 31 heavy (non-hydrogen) atoms. The lowest BCUT2D eigenvalue weighted by Crippen LogP contribution is -2.49. The normalized spacial score (nSPS) is 14.6. The molecule has 0 atom stereocenters. The van der Waals surface area contributed by atoms with Crippen LogP contribution in [0.5, 0.6) is 0 Å². The number of aryl methyl sites for hydroxylation is 1. The van der Waals surface area contributed by atoms with Crippen LogP contribution in [-0.4, -0.2) is 51.0 Å². The summed E-state index contributed by atoms with van der Waals surface area (Å²) in [5.74, 6) is -0.0143. The second kappa shape index (κ2) is 9.19. The lowest BCUT2D eigenvalue weighted by Gasteiger charge is -2.34. The number of hydrogen-bond donors (Lipinski definition) is 0. The average molecular weight is 418 g/mol. The van der Waals surface area contributed by atoms with Crippen molar-refractivity contribution in [3.8, 4) is 6.07 Å². The summed E-state index contributed by atoms with van der Waals surface area (Å²) in [6.07, 6.45) is 0.864. The topological polar surface area (TPSA) is 74.3 Å². The monoisotopic (exact) mass is 417 g/mol. The fraction of sp³-hybridized carbons (Fsp3) is 0.375. The average Bonchev–Trinajstić information content (AvgIpc) is 3.06. The van der Waals surface area contributed by atoms with Crippen molar-refractivity contribution < 1.29 is 4.79 Å². The number of fused-ring (bicyclic) bond motifs is 1. The van der Waals surface area contributed by atoms with Crippen LogP contribution < -0.4 is 5.69 Å². The van der Waals surface area contributed by atoms with Gasteiger partial charge in [-0.2, -0.15) is 5.26 Å². The van der Waals surface area contributed by atoms with Crippen molar-refractivity contribution in [1.29, 1.82) is 5.26 Å². The first-order valence-electron chi connectivity index (χ1n) is 10.8. The molecule has 1 amide bonds. The molecule has 160 valence electrons. The van der Waals surface area contributed by atoms with Crippen LogP contribution in [0.3, 0.4) is 0 Å². The first-order valence-corrected chi connectivity index (χ1v) is 10.8. The molecule has 3 aromatic rings. The standard InChI is InChI=1S/C24H27N5O2/c1-2-11-28-21-5-3-4-6-22(21)29(24(28)31)18-23(30)27-14-12-26(13-15-27)17-20-9-7-19(16-25)8-10-20/h3-10H,2,11-15,17-18H2,1H3. The van der Waals surface area contributed by atoms with E-state index in [9.17, 15) is 9.59 Å². The van der Waals surface area contributed by atoms with Gasteiger partial charge in [0.15, 0.2) is 0 Å². The minimum absolute atomic E-state index is 0.0143. The Labute approximate surface area is 181 Å². The predicted octanol–water partition coefficient (Wildman–Crippen LogP) is 2.43. The van der Waals surface area contributed by atoms with Gasteiger partial charge in [-0.15, -0.1) is 0 Å². The van der Waals surface area contributed by atoms with E-state index in [1.165, 1.54) is 0 Å². The molecular formula is C24H27N5O2. The minimum atomic E-state index is -0.115. The fourth-order valence-corrected chi connectivity index (χ4v) is 4.20. The Morgan fingerprint density at radius 1 is 0.968 bits per heavy atom. The number of para-hydroxylation sites is 2. The fourth-order valence-electron chi connectivity index (χ4n) is 4.20. The number of nitriles is 1. The molecule has 1 saturated heterocycles. The molecule has 0 unspecified atom stereocenters. The van der Waals surface area contributed by atoms with Crippen LogP contribution in [0, 0.1) is 11.3 Å². The number of benzene rings is 2. The van der Waals surface area contributed by atoms with E-state index >= 15 is 0 Å². The molecule has 7 heteroatoms. The van der Waals surface area contributed by atoms with Crippen LogP contribution in [-0.2, 0) is 24.4 Å². The number of nitrogens with zero attached hydrogens (tertiary/aromatic N) is 5. The SMILES string of the molecule is CCCn1c(=O)n(CC(=O)N2CCN(Cc3ccc(C#N)cc3)CC2)c2ccccc21. The number of piperazine rings is 1. The summed E-state index contributed by atoms with van der Waals surface area (Å²) in [7, 11) is 0. The number of amides is 1. The number of hydrogen-bond acceptors (Lipinski definition) is 4. The smallest absolute Gasteiger partial charge is 0.329 e. The van der Waals surface area contributed by atoms with E-state index in [-0.39, 0.29) is 18.1 Å². The molecule has 0 spiro atoms. The molecule has 7 nitrogen and oxygen atoms in total. The zero-order valence-electron chi connectivity index (χ0n) is 17.8. The molecule has 1 fully saturated rings. The molecule has 0 radical (unpaired) electrons. The zero-order valence-corrected chi connectivity index (χ0v) is 17.8. The highest BCUT2D eigenvalue weighted by Crippen LogP contribution is 2.15. The molecule has 0 bridgehead atoms. The molecule has 4 rings (SSSR count). The van der Waals surface area contributed by atoms with Crippen LogP contribution in [0.15, 0.2) is 53.3 Å². The largest absolute Gasteiger partial charge is 0.339 e. The van der Waals surface area contributed by atoms with Crippen molar-refractivity contribution in [3.63, 3.8) is 0 Å². The number of aromatic nitrogens is 2. The molecule has 2 heterocycles. The van der Waals surface area contributed by atoms with Crippen LogP contribution in [0.4, 0.5) is 0 Å². The molecule has 0 N–H and O–H groups in total. The summed E-state index contributed by atoms with van der Waals surface area (Å²) in [5, 5.41) is 8.92. The maximum Gasteiger partial charge on any atom is 0.329 e. The first-order chi connectivity index (χ1) is 15.1. The Bertz CT molecular complexity index is 1160. The summed E-state index contributed by atoms with van der Waals surface area (Å²) in [5.41, 5.74) is 3.41. The first kappa shape index (κ1) is 20.9. The summed E-state index contributed by atoms with van der Waals surface area (Å²) in [6.45, 7) is 6.45. The quantitative estimate of drug-likeness (QED) is 0.617. The van der Waals surface area contributed by atoms with Gasteiger partial charge in [-0.25, -0.2) is 4.79 Å². The van der Waals surface area contributed by atoms with Crippen molar-refractivity contribution in [2.24, 2.45) is 0 Å². The lowest BCUT2D eigenvalue weighted by atomic mass is 10.1. The van der Waals surface area contributed by atoms with E-state index in [1.807, 2.05) is 60.4 Å². The van der Waals surface area contributed by atoms with Gasteiger partial charge in [0.05, 0.1) is 22.7 Å². The molecular weight excluding hydrogens is 390 g/mol. The molecule has 2 aromatic carbocycles. The van der Waals surface area contributed by atoms with E-state index in [0.717, 1.165) is 42.7 Å². The summed E-state index contributed by atoms with van der Waals surface area (Å²) in [4.78, 5) is 30.1. The maximum absolute atomic E-state index is 13.0. The van der Waals surface area contributed by atoms with Gasteiger partial charge in [-0.3, -0.25) is 18.8 Å². The Hall–Kier alpha value is -3.37. The van der Waals surface area contributed by atoms with Crippen molar-refractivity contribution in [1.82, 2.24) is 18.9 Å². The molecule has 1 aliphatic rings. The van der Waals surface area contributed by atoms with Gasteiger partial charge in [0.2, 0.25) is 5.91 Å². The minimum Gasteiger partial charge on any atom is -0.339 e. The van der Waals surface area contributed by atoms with E-state index < -0.39 is 0 Å². The second-order valence-corrected chi connectivity index (χ2v) is 7.97. The van der Waals surface area contributed by atoms with Gasteiger partial charge in [0.25, 0.3) is 0 Å². The predicted molar refractivity (Wildman–Crippen MR) is 120 cm³/mol. The van der Waals surface area contributed by atoms with Crippen LogP contribution >= 0.6 is 0 Å².